The second-order valence-electron chi connectivity index (χ2n) is 11.8. The molecule has 0 radical (unpaired) electrons. The third-order valence-electron chi connectivity index (χ3n) is 6.79. The highest BCUT2D eigenvalue weighted by atomic mass is 32.2. The summed E-state index contributed by atoms with van der Waals surface area (Å²) >= 11 is 1.46. The first-order chi connectivity index (χ1) is 20.3. The summed E-state index contributed by atoms with van der Waals surface area (Å²) in [5, 5.41) is 20.4. The predicted molar refractivity (Wildman–Crippen MR) is 171 cm³/mol. The summed E-state index contributed by atoms with van der Waals surface area (Å²) in [6, 6.07) is -4.80. The van der Waals surface area contributed by atoms with Gasteiger partial charge in [0.25, 0.3) is 0 Å². The molecule has 0 rings (SSSR count). The molecule has 0 bridgehead atoms. The topological polar surface area (TPSA) is 232 Å². The fraction of sp³-hybridized carbons (Fsp3) is 0.828. The fourth-order valence-electron chi connectivity index (χ4n) is 4.40. The van der Waals surface area contributed by atoms with E-state index in [2.05, 4.69) is 21.3 Å². The maximum atomic E-state index is 13.5. The van der Waals surface area contributed by atoms with Crippen molar-refractivity contribution in [2.45, 2.75) is 116 Å². The van der Waals surface area contributed by atoms with Crippen LogP contribution in [-0.4, -0.2) is 90.0 Å². The summed E-state index contributed by atoms with van der Waals surface area (Å²) < 4.78 is 0. The molecule has 0 aromatic heterocycles. The van der Waals surface area contributed by atoms with Gasteiger partial charge in [-0.3, -0.25) is 19.2 Å². The number of thioether (sulfide) groups is 1. The largest absolute Gasteiger partial charge is 0.480 e. The van der Waals surface area contributed by atoms with E-state index in [-0.39, 0.29) is 31.1 Å². The van der Waals surface area contributed by atoms with Crippen LogP contribution in [0.15, 0.2) is 0 Å². The van der Waals surface area contributed by atoms with E-state index in [4.69, 9.17) is 17.2 Å². The van der Waals surface area contributed by atoms with Crippen LogP contribution in [0.1, 0.15) is 85.5 Å². The molecular formula is C29H57N7O6S. The van der Waals surface area contributed by atoms with Gasteiger partial charge in [-0.05, 0) is 88.3 Å². The van der Waals surface area contributed by atoms with Crippen LogP contribution in [0.5, 0.6) is 0 Å². The number of carbonyl (C=O) groups excluding carboxylic acids is 4. The monoisotopic (exact) mass is 631 g/mol. The Morgan fingerprint density at radius 1 is 0.628 bits per heavy atom. The summed E-state index contributed by atoms with van der Waals surface area (Å²) in [5.41, 5.74) is 17.2. The maximum absolute atomic E-state index is 13.5. The zero-order valence-corrected chi connectivity index (χ0v) is 27.5. The highest BCUT2D eigenvalue weighted by Crippen LogP contribution is 2.11. The molecule has 14 heteroatoms. The summed E-state index contributed by atoms with van der Waals surface area (Å²) in [5.74, 6) is -2.70. The highest BCUT2D eigenvalue weighted by Gasteiger charge is 2.32. The van der Waals surface area contributed by atoms with Crippen molar-refractivity contribution in [1.82, 2.24) is 21.3 Å². The third kappa shape index (κ3) is 18.1. The fourth-order valence-corrected chi connectivity index (χ4v) is 4.87. The molecule has 0 aromatic carbocycles. The van der Waals surface area contributed by atoms with Crippen LogP contribution in [0.4, 0.5) is 0 Å². The molecule has 0 aliphatic rings. The smallest absolute Gasteiger partial charge is 0.326 e. The average Bonchev–Trinajstić information content (AvgIpc) is 2.93. The van der Waals surface area contributed by atoms with E-state index in [1.54, 1.807) is 0 Å². The molecule has 0 aliphatic heterocycles. The zero-order valence-electron chi connectivity index (χ0n) is 26.7. The highest BCUT2D eigenvalue weighted by molar-refractivity contribution is 7.98. The van der Waals surface area contributed by atoms with E-state index in [1.807, 2.05) is 34.0 Å². The van der Waals surface area contributed by atoms with Crippen molar-refractivity contribution in [3.63, 3.8) is 0 Å². The number of hydrogen-bond donors (Lipinski definition) is 8. The minimum atomic E-state index is -1.16. The molecule has 11 N–H and O–H groups in total. The van der Waals surface area contributed by atoms with E-state index < -0.39 is 59.8 Å². The van der Waals surface area contributed by atoms with Crippen LogP contribution in [-0.2, 0) is 24.0 Å². The summed E-state index contributed by atoms with van der Waals surface area (Å²) in [7, 11) is 0. The van der Waals surface area contributed by atoms with Gasteiger partial charge in [0.05, 0.1) is 6.04 Å². The molecular weight excluding hydrogens is 574 g/mol. The lowest BCUT2D eigenvalue weighted by atomic mass is 9.99. The van der Waals surface area contributed by atoms with E-state index in [1.165, 1.54) is 11.8 Å². The number of carboxylic acid groups (broad SMARTS) is 1. The molecule has 0 saturated carbocycles. The molecule has 5 unspecified atom stereocenters. The van der Waals surface area contributed by atoms with Gasteiger partial charge in [-0.2, -0.15) is 11.8 Å². The van der Waals surface area contributed by atoms with Crippen LogP contribution >= 0.6 is 11.8 Å². The van der Waals surface area contributed by atoms with Gasteiger partial charge in [0.1, 0.15) is 24.2 Å². The van der Waals surface area contributed by atoms with Crippen molar-refractivity contribution in [3.05, 3.63) is 0 Å². The average molecular weight is 632 g/mol. The SMILES string of the molecule is CSCCC(NC(=O)C(CCCCN)NC(=O)C(CC(C)C)NC(=O)C(CC(C)C)NC(=O)C(N)CCCCN)C(=O)O. The number of aliphatic carboxylic acids is 1. The van der Waals surface area contributed by atoms with Crippen LogP contribution in [0.2, 0.25) is 0 Å². The molecule has 0 spiro atoms. The number of carboxylic acids is 1. The minimum absolute atomic E-state index is 0.0117. The second kappa shape index (κ2) is 23.0. The zero-order chi connectivity index (χ0) is 32.9. The van der Waals surface area contributed by atoms with Gasteiger partial charge in [0, 0.05) is 0 Å². The van der Waals surface area contributed by atoms with Gasteiger partial charge in [-0.1, -0.05) is 34.1 Å². The molecule has 0 saturated heterocycles. The molecule has 0 aromatic rings. The number of unbranched alkanes of at least 4 members (excludes halogenated alkanes) is 2. The van der Waals surface area contributed by atoms with E-state index in [0.717, 1.165) is 6.42 Å². The first kappa shape index (κ1) is 40.6. The van der Waals surface area contributed by atoms with Gasteiger partial charge in [0.2, 0.25) is 23.6 Å². The Hall–Kier alpha value is -2.42. The Morgan fingerprint density at radius 3 is 1.49 bits per heavy atom. The van der Waals surface area contributed by atoms with Crippen LogP contribution < -0.4 is 38.5 Å². The van der Waals surface area contributed by atoms with Crippen molar-refractivity contribution in [3.8, 4) is 0 Å². The minimum Gasteiger partial charge on any atom is -0.480 e. The molecule has 250 valence electrons. The lowest BCUT2D eigenvalue weighted by Crippen LogP contribution is -2.58. The molecule has 0 aliphatic carbocycles. The molecule has 13 nitrogen and oxygen atoms in total. The second-order valence-corrected chi connectivity index (χ2v) is 12.8. The van der Waals surface area contributed by atoms with Crippen molar-refractivity contribution in [2.24, 2.45) is 29.0 Å². The summed E-state index contributed by atoms with van der Waals surface area (Å²) in [6.45, 7) is 8.53. The number of rotatable bonds is 24. The number of nitrogens with one attached hydrogen (secondary N) is 4. The standard InChI is InChI=1S/C29H57N7O6S/c1-18(2)16-23(35-25(37)20(32)10-6-8-13-30)28(40)36-24(17-19(3)4)27(39)33-21(11-7-9-14-31)26(38)34-22(29(41)42)12-15-43-5/h18-24H,6-17,30-32H2,1-5H3,(H,33,39)(H,34,38)(H,35,37)(H,36,40)(H,41,42). The first-order valence-electron chi connectivity index (χ1n) is 15.4. The first-order valence-corrected chi connectivity index (χ1v) is 16.8. The Morgan fingerprint density at radius 2 is 1.05 bits per heavy atom. The van der Waals surface area contributed by atoms with Crippen molar-refractivity contribution in [1.29, 1.82) is 0 Å². The summed E-state index contributed by atoms with van der Waals surface area (Å²) in [6.07, 6.45) is 5.95. The number of hydrogen-bond acceptors (Lipinski definition) is 9. The lowest BCUT2D eigenvalue weighted by molar-refractivity contribution is -0.142. The van der Waals surface area contributed by atoms with Gasteiger partial charge < -0.3 is 43.6 Å². The van der Waals surface area contributed by atoms with Crippen molar-refractivity contribution in [2.75, 3.05) is 25.1 Å². The maximum Gasteiger partial charge on any atom is 0.326 e. The molecule has 4 amide bonds. The van der Waals surface area contributed by atoms with Crippen molar-refractivity contribution >= 4 is 41.4 Å². The Balaban J connectivity index is 5.80. The predicted octanol–water partition coefficient (Wildman–Crippen LogP) is 0.441. The van der Waals surface area contributed by atoms with Gasteiger partial charge in [-0.25, -0.2) is 4.79 Å². The van der Waals surface area contributed by atoms with E-state index in [0.29, 0.717) is 50.9 Å². The Kier molecular flexibility index (Phi) is 21.7. The third-order valence-corrected chi connectivity index (χ3v) is 7.44. The van der Waals surface area contributed by atoms with Gasteiger partial charge in [0.15, 0.2) is 0 Å². The van der Waals surface area contributed by atoms with E-state index >= 15 is 0 Å². The molecule has 0 heterocycles. The van der Waals surface area contributed by atoms with Gasteiger partial charge in [-0.15, -0.1) is 0 Å². The van der Waals surface area contributed by atoms with Crippen LogP contribution in [0.25, 0.3) is 0 Å². The van der Waals surface area contributed by atoms with E-state index in [9.17, 15) is 29.1 Å². The Labute approximate surface area is 261 Å². The van der Waals surface area contributed by atoms with Crippen molar-refractivity contribution < 1.29 is 29.1 Å². The lowest BCUT2D eigenvalue weighted by Gasteiger charge is -2.28. The molecule has 0 fully saturated rings. The number of amides is 4. The molecule has 5 atom stereocenters. The number of carbonyl (C=O) groups is 5. The quantitative estimate of drug-likeness (QED) is 0.0685. The normalized spacial score (nSPS) is 14.8. The van der Waals surface area contributed by atoms with Gasteiger partial charge >= 0.3 is 5.97 Å². The summed E-state index contributed by atoms with van der Waals surface area (Å²) in [4.78, 5) is 64.5. The van der Waals surface area contributed by atoms with Crippen LogP contribution in [0, 0.1) is 11.8 Å². The number of nitrogens with two attached hydrogens (primary N) is 3. The molecule has 43 heavy (non-hydrogen) atoms. The van der Waals surface area contributed by atoms with Crippen LogP contribution in [0.3, 0.4) is 0 Å². The Bertz CT molecular complexity index is 861.